The van der Waals surface area contributed by atoms with Crippen molar-refractivity contribution in [1.29, 1.82) is 0 Å². The van der Waals surface area contributed by atoms with Gasteiger partial charge in [-0.05, 0) is 54.4 Å². The van der Waals surface area contributed by atoms with Gasteiger partial charge >= 0.3 is 6.18 Å². The lowest BCUT2D eigenvalue weighted by Crippen LogP contribution is -2.34. The molecule has 0 spiro atoms. The Balaban J connectivity index is 1.52. The van der Waals surface area contributed by atoms with Gasteiger partial charge in [0.1, 0.15) is 5.82 Å². The highest BCUT2D eigenvalue weighted by atomic mass is 35.5. The van der Waals surface area contributed by atoms with Gasteiger partial charge in [0.05, 0.1) is 16.8 Å². The van der Waals surface area contributed by atoms with Crippen molar-refractivity contribution in [2.24, 2.45) is 0 Å². The summed E-state index contributed by atoms with van der Waals surface area (Å²) in [6, 6.07) is 10.7. The number of nitrogens with one attached hydrogen (secondary N) is 2. The lowest BCUT2D eigenvalue weighted by Gasteiger charge is -2.32. The largest absolute Gasteiger partial charge is 0.416 e. The number of hydrogen-bond acceptors (Lipinski definition) is 4. The summed E-state index contributed by atoms with van der Waals surface area (Å²) in [6.07, 6.45) is -3.01. The van der Waals surface area contributed by atoms with E-state index in [0.29, 0.717) is 52.2 Å². The van der Waals surface area contributed by atoms with Crippen LogP contribution in [0, 0.1) is 6.92 Å². The zero-order valence-corrected chi connectivity index (χ0v) is 19.7. The van der Waals surface area contributed by atoms with Crippen molar-refractivity contribution in [3.8, 4) is 0 Å². The number of carbonyl (C=O) groups is 1. The van der Waals surface area contributed by atoms with Crippen LogP contribution in [-0.4, -0.2) is 24.0 Å². The van der Waals surface area contributed by atoms with Gasteiger partial charge < -0.3 is 15.5 Å². The van der Waals surface area contributed by atoms with Crippen LogP contribution in [0.15, 0.2) is 48.7 Å². The SMILES string of the molecule is Cc1cc(CNC(=O)c2cnc3c(c2)N(Cc2cc(Cl)ccc2Cl)CCN3)cc(C(F)(F)F)c1. The molecular formula is C24H21Cl2F3N4O. The quantitative estimate of drug-likeness (QED) is 0.438. The molecule has 0 aliphatic carbocycles. The van der Waals surface area contributed by atoms with Crippen molar-refractivity contribution in [3.05, 3.63) is 86.5 Å². The molecule has 0 radical (unpaired) electrons. The number of aryl methyl sites for hydroxylation is 1. The van der Waals surface area contributed by atoms with Crippen molar-refractivity contribution < 1.29 is 18.0 Å². The lowest BCUT2D eigenvalue weighted by molar-refractivity contribution is -0.137. The van der Waals surface area contributed by atoms with Crippen LogP contribution in [0.3, 0.4) is 0 Å². The van der Waals surface area contributed by atoms with Crippen molar-refractivity contribution in [1.82, 2.24) is 10.3 Å². The van der Waals surface area contributed by atoms with E-state index in [1.54, 1.807) is 37.3 Å². The average molecular weight is 509 g/mol. The first-order valence-corrected chi connectivity index (χ1v) is 11.2. The predicted octanol–water partition coefficient (Wildman–Crippen LogP) is 6.08. The zero-order valence-electron chi connectivity index (χ0n) is 18.1. The Morgan fingerprint density at radius 2 is 1.97 bits per heavy atom. The molecule has 0 unspecified atom stereocenters. The van der Waals surface area contributed by atoms with Gasteiger partial charge in [0.15, 0.2) is 0 Å². The fourth-order valence-electron chi connectivity index (χ4n) is 3.83. The second-order valence-electron chi connectivity index (χ2n) is 8.06. The maximum absolute atomic E-state index is 13.1. The number of anilines is 2. The smallest absolute Gasteiger partial charge is 0.367 e. The van der Waals surface area contributed by atoms with Crippen LogP contribution in [0.5, 0.6) is 0 Å². The summed E-state index contributed by atoms with van der Waals surface area (Å²) in [5, 5.41) is 7.05. The maximum Gasteiger partial charge on any atom is 0.416 e. The third-order valence-corrected chi connectivity index (χ3v) is 6.03. The maximum atomic E-state index is 13.1. The van der Waals surface area contributed by atoms with Crippen molar-refractivity contribution in [2.75, 3.05) is 23.3 Å². The molecule has 4 rings (SSSR count). The Kier molecular flexibility index (Phi) is 6.91. The number of hydrogen-bond donors (Lipinski definition) is 2. The van der Waals surface area contributed by atoms with Crippen LogP contribution >= 0.6 is 23.2 Å². The van der Waals surface area contributed by atoms with Crippen molar-refractivity contribution in [2.45, 2.75) is 26.2 Å². The van der Waals surface area contributed by atoms with Gasteiger partial charge in [-0.2, -0.15) is 13.2 Å². The topological polar surface area (TPSA) is 57.3 Å². The van der Waals surface area contributed by atoms with Crippen molar-refractivity contribution >= 4 is 40.6 Å². The monoisotopic (exact) mass is 508 g/mol. The highest BCUT2D eigenvalue weighted by Gasteiger charge is 2.31. The molecule has 2 aromatic carbocycles. The minimum Gasteiger partial charge on any atom is -0.367 e. The van der Waals surface area contributed by atoms with Crippen LogP contribution in [-0.2, 0) is 19.3 Å². The molecule has 1 amide bonds. The molecule has 34 heavy (non-hydrogen) atoms. The van der Waals surface area contributed by atoms with E-state index in [2.05, 4.69) is 15.6 Å². The number of aromatic nitrogens is 1. The molecule has 0 fully saturated rings. The zero-order chi connectivity index (χ0) is 24.5. The van der Waals surface area contributed by atoms with Crippen LogP contribution < -0.4 is 15.5 Å². The molecule has 0 bridgehead atoms. The van der Waals surface area contributed by atoms with Crippen molar-refractivity contribution in [3.63, 3.8) is 0 Å². The van der Waals surface area contributed by atoms with Crippen LogP contribution in [0.1, 0.15) is 32.6 Å². The average Bonchev–Trinajstić information content (AvgIpc) is 2.79. The molecule has 178 valence electrons. The number of amides is 1. The summed E-state index contributed by atoms with van der Waals surface area (Å²) in [7, 11) is 0. The minimum atomic E-state index is -4.45. The number of alkyl halides is 3. The van der Waals surface area contributed by atoms with Gasteiger partial charge in [-0.15, -0.1) is 0 Å². The van der Waals surface area contributed by atoms with E-state index in [-0.39, 0.29) is 6.54 Å². The molecule has 2 heterocycles. The van der Waals surface area contributed by atoms with Gasteiger partial charge in [-0.3, -0.25) is 4.79 Å². The molecule has 2 N–H and O–H groups in total. The first kappa shape index (κ1) is 24.2. The summed E-state index contributed by atoms with van der Waals surface area (Å²) < 4.78 is 39.3. The Hall–Kier alpha value is -2.97. The molecule has 0 atom stereocenters. The number of fused-ring (bicyclic) bond motifs is 1. The van der Waals surface area contributed by atoms with Gasteiger partial charge in [0.25, 0.3) is 5.91 Å². The Bertz CT molecular complexity index is 1230. The van der Waals surface area contributed by atoms with E-state index in [1.165, 1.54) is 6.20 Å². The number of nitrogens with zero attached hydrogens (tertiary/aromatic N) is 2. The summed E-state index contributed by atoms with van der Waals surface area (Å²) in [5.41, 5.74) is 1.96. The summed E-state index contributed by atoms with van der Waals surface area (Å²) in [5.74, 6) is 0.200. The number of benzene rings is 2. The molecule has 1 aromatic heterocycles. The second kappa shape index (κ2) is 9.72. The third-order valence-electron chi connectivity index (χ3n) is 5.43. The van der Waals surface area contributed by atoms with E-state index in [1.807, 2.05) is 4.90 Å². The molecule has 5 nitrogen and oxygen atoms in total. The summed E-state index contributed by atoms with van der Waals surface area (Å²) >= 11 is 12.4. The van der Waals surface area contributed by atoms with E-state index in [4.69, 9.17) is 23.2 Å². The number of halogens is 5. The highest BCUT2D eigenvalue weighted by molar-refractivity contribution is 6.33. The minimum absolute atomic E-state index is 0.0409. The standard InChI is InChI=1S/C24H21Cl2F3N4O/c1-14-6-15(8-18(7-14)24(27,28)29)11-32-23(34)16-10-21-22(31-12-16)30-4-5-33(21)13-17-9-19(25)2-3-20(17)26/h2-3,6-10,12H,4-5,11,13H2,1H3,(H,30,31)(H,32,34). The third kappa shape index (κ3) is 5.56. The van der Waals surface area contributed by atoms with E-state index < -0.39 is 17.6 Å². The molecule has 1 aliphatic heterocycles. The predicted molar refractivity (Wildman–Crippen MR) is 128 cm³/mol. The molecule has 0 saturated heterocycles. The van der Waals surface area contributed by atoms with Crippen LogP contribution in [0.25, 0.3) is 0 Å². The number of rotatable bonds is 5. The number of pyridine rings is 1. The first-order valence-electron chi connectivity index (χ1n) is 10.5. The van der Waals surface area contributed by atoms with Gasteiger partial charge in [0.2, 0.25) is 0 Å². The molecular weight excluding hydrogens is 488 g/mol. The van der Waals surface area contributed by atoms with Crippen LogP contribution in [0.4, 0.5) is 24.7 Å². The molecule has 3 aromatic rings. The first-order chi connectivity index (χ1) is 16.1. The fraction of sp³-hybridized carbons (Fsp3) is 0.250. The number of carbonyl (C=O) groups excluding carboxylic acids is 1. The molecule has 0 saturated carbocycles. The summed E-state index contributed by atoms with van der Waals surface area (Å²) in [4.78, 5) is 19.2. The summed E-state index contributed by atoms with van der Waals surface area (Å²) in [6.45, 7) is 3.34. The van der Waals surface area contributed by atoms with Gasteiger partial charge in [0, 0.05) is 42.4 Å². The Labute approximate surface area is 204 Å². The van der Waals surface area contributed by atoms with Crippen LogP contribution in [0.2, 0.25) is 10.0 Å². The molecule has 10 heteroatoms. The Morgan fingerprint density at radius 1 is 1.18 bits per heavy atom. The molecule has 1 aliphatic rings. The fourth-order valence-corrected chi connectivity index (χ4v) is 4.20. The van der Waals surface area contributed by atoms with E-state index in [0.717, 1.165) is 23.4 Å². The van der Waals surface area contributed by atoms with E-state index >= 15 is 0 Å². The second-order valence-corrected chi connectivity index (χ2v) is 8.91. The highest BCUT2D eigenvalue weighted by Crippen LogP contribution is 2.32. The Morgan fingerprint density at radius 3 is 2.74 bits per heavy atom. The lowest BCUT2D eigenvalue weighted by atomic mass is 10.1. The van der Waals surface area contributed by atoms with Gasteiger partial charge in [-0.25, -0.2) is 4.98 Å². The van der Waals surface area contributed by atoms with Gasteiger partial charge in [-0.1, -0.05) is 34.8 Å². The normalized spacial score (nSPS) is 13.3. The van der Waals surface area contributed by atoms with E-state index in [9.17, 15) is 18.0 Å².